The molecule has 0 saturated heterocycles. The number of aryl methyl sites for hydroxylation is 1. The van der Waals surface area contributed by atoms with Crippen LogP contribution >= 0.6 is 0 Å². The molecule has 6 heteroatoms. The van der Waals surface area contributed by atoms with Crippen molar-refractivity contribution in [1.82, 2.24) is 0 Å². The van der Waals surface area contributed by atoms with Crippen LogP contribution in [-0.2, 0) is 20.7 Å². The number of rotatable bonds is 26. The number of unbranched alkanes of at least 4 members (excludes halogenated alkanes) is 13. The molecule has 0 aliphatic heterocycles. The Morgan fingerprint density at radius 2 is 1.18 bits per heavy atom. The Morgan fingerprint density at radius 3 is 1.71 bits per heavy atom. The maximum Gasteiger partial charge on any atom is 0.264 e. The summed E-state index contributed by atoms with van der Waals surface area (Å²) in [6.45, 7) is 7.64. The van der Waals surface area contributed by atoms with Crippen molar-refractivity contribution in [2.45, 2.75) is 136 Å². The summed E-state index contributed by atoms with van der Waals surface area (Å²) in [5.41, 5.74) is 1.21. The molecule has 38 heavy (non-hydrogen) atoms. The highest BCUT2D eigenvalue weighted by molar-refractivity contribution is 7.85. The van der Waals surface area contributed by atoms with E-state index in [0.29, 0.717) is 11.7 Å². The first-order valence-corrected chi connectivity index (χ1v) is 17.4. The second kappa shape index (κ2) is 22.5. The predicted molar refractivity (Wildman–Crippen MR) is 161 cm³/mol. The molecule has 222 valence electrons. The first kappa shape index (κ1) is 34.8. The lowest BCUT2D eigenvalue weighted by Crippen LogP contribution is -2.12. The fourth-order valence-corrected chi connectivity index (χ4v) is 5.12. The maximum atomic E-state index is 11.2. The van der Waals surface area contributed by atoms with Crippen LogP contribution in [0.2, 0.25) is 0 Å². The van der Waals surface area contributed by atoms with Gasteiger partial charge in [-0.1, -0.05) is 117 Å². The predicted octanol–water partition coefficient (Wildman–Crippen LogP) is 9.27. The molecular weight excluding hydrogens is 496 g/mol. The van der Waals surface area contributed by atoms with Gasteiger partial charge in [-0.15, -0.1) is 0 Å². The Labute approximate surface area is 235 Å². The molecule has 0 radical (unpaired) electrons. The molecule has 0 saturated carbocycles. The number of ether oxygens (including phenoxy) is 2. The SMILES string of the molecule is CCCCCCCCCCCCCCCc1cc(OCCOS(C)(=O)=O)cc(OCC(CC)CCCC)c1. The second-order valence-electron chi connectivity index (χ2n) is 10.9. The van der Waals surface area contributed by atoms with Gasteiger partial charge in [0, 0.05) is 6.07 Å². The van der Waals surface area contributed by atoms with Gasteiger partial charge >= 0.3 is 0 Å². The fourth-order valence-electron chi connectivity index (χ4n) is 4.75. The van der Waals surface area contributed by atoms with Crippen LogP contribution in [0.15, 0.2) is 18.2 Å². The van der Waals surface area contributed by atoms with Gasteiger partial charge in [-0.3, -0.25) is 4.18 Å². The smallest absolute Gasteiger partial charge is 0.264 e. The highest BCUT2D eigenvalue weighted by Gasteiger charge is 2.10. The lowest BCUT2D eigenvalue weighted by molar-refractivity contribution is 0.217. The third-order valence-corrected chi connectivity index (χ3v) is 7.78. The van der Waals surface area contributed by atoms with Crippen LogP contribution in [0.5, 0.6) is 11.5 Å². The zero-order valence-corrected chi connectivity index (χ0v) is 25.9. The van der Waals surface area contributed by atoms with Gasteiger partial charge in [-0.25, -0.2) is 0 Å². The van der Waals surface area contributed by atoms with Crippen LogP contribution in [0.3, 0.4) is 0 Å². The van der Waals surface area contributed by atoms with E-state index in [-0.39, 0.29) is 13.2 Å². The van der Waals surface area contributed by atoms with Gasteiger partial charge in [-0.2, -0.15) is 8.42 Å². The monoisotopic (exact) mass is 554 g/mol. The Kier molecular flexibility index (Phi) is 20.6. The van der Waals surface area contributed by atoms with Crippen molar-refractivity contribution in [3.8, 4) is 11.5 Å². The lowest BCUT2D eigenvalue weighted by atomic mass is 10.0. The van der Waals surface area contributed by atoms with Gasteiger partial charge < -0.3 is 9.47 Å². The largest absolute Gasteiger partial charge is 0.493 e. The molecule has 0 aliphatic carbocycles. The molecular formula is C32H58O5S. The molecule has 1 aromatic carbocycles. The van der Waals surface area contributed by atoms with Crippen molar-refractivity contribution in [3.63, 3.8) is 0 Å². The first-order chi connectivity index (χ1) is 18.4. The van der Waals surface area contributed by atoms with Crippen molar-refractivity contribution in [1.29, 1.82) is 0 Å². The summed E-state index contributed by atoms with van der Waals surface area (Å²) >= 11 is 0. The van der Waals surface area contributed by atoms with E-state index in [1.165, 1.54) is 102 Å². The molecule has 0 heterocycles. The summed E-state index contributed by atoms with van der Waals surface area (Å²) in [6.07, 6.45) is 24.4. The van der Waals surface area contributed by atoms with E-state index in [1.807, 2.05) is 6.07 Å². The standard InChI is InChI=1S/C32H58O5S/c1-5-8-10-11-12-13-14-15-16-17-18-19-20-22-30-25-31(35-23-24-37-38(4,33)34)27-32(26-30)36-28-29(7-3)21-9-6-2/h25-27,29H,5-24,28H2,1-4H3. The van der Waals surface area contributed by atoms with Gasteiger partial charge in [0.15, 0.2) is 0 Å². The second-order valence-corrected chi connectivity index (χ2v) is 12.6. The molecule has 0 N–H and O–H groups in total. The van der Waals surface area contributed by atoms with E-state index in [9.17, 15) is 8.42 Å². The van der Waals surface area contributed by atoms with Gasteiger partial charge in [0.05, 0.1) is 12.9 Å². The van der Waals surface area contributed by atoms with Crippen molar-refractivity contribution in [2.75, 3.05) is 26.1 Å². The minimum atomic E-state index is -3.46. The van der Waals surface area contributed by atoms with E-state index in [4.69, 9.17) is 13.7 Å². The molecule has 0 amide bonds. The summed E-state index contributed by atoms with van der Waals surface area (Å²) in [7, 11) is -3.46. The average molecular weight is 555 g/mol. The molecule has 0 spiro atoms. The molecule has 1 atom stereocenters. The first-order valence-electron chi connectivity index (χ1n) is 15.6. The topological polar surface area (TPSA) is 61.8 Å². The van der Waals surface area contributed by atoms with Crippen LogP contribution < -0.4 is 9.47 Å². The molecule has 1 rings (SSSR count). The summed E-state index contributed by atoms with van der Waals surface area (Å²) in [4.78, 5) is 0. The normalized spacial score (nSPS) is 12.5. The van der Waals surface area contributed by atoms with Gasteiger partial charge in [-0.05, 0) is 42.9 Å². The Hall–Kier alpha value is -1.27. The van der Waals surface area contributed by atoms with Crippen molar-refractivity contribution in [3.05, 3.63) is 23.8 Å². The van der Waals surface area contributed by atoms with E-state index in [0.717, 1.165) is 37.9 Å². The van der Waals surface area contributed by atoms with E-state index >= 15 is 0 Å². The van der Waals surface area contributed by atoms with E-state index in [2.05, 4.69) is 32.9 Å². The molecule has 1 aromatic rings. The van der Waals surface area contributed by atoms with Crippen molar-refractivity contribution < 1.29 is 22.1 Å². The van der Waals surface area contributed by atoms with Crippen molar-refractivity contribution >= 4 is 10.1 Å². The fraction of sp³-hybridized carbons (Fsp3) is 0.812. The minimum absolute atomic E-state index is 0.00698. The highest BCUT2D eigenvalue weighted by atomic mass is 32.2. The number of hydrogen-bond donors (Lipinski definition) is 0. The zero-order chi connectivity index (χ0) is 27.9. The van der Waals surface area contributed by atoms with Gasteiger partial charge in [0.1, 0.15) is 24.7 Å². The number of benzene rings is 1. The lowest BCUT2D eigenvalue weighted by Gasteiger charge is -2.17. The van der Waals surface area contributed by atoms with Crippen LogP contribution in [0.1, 0.15) is 135 Å². The molecule has 0 fully saturated rings. The number of hydrogen-bond acceptors (Lipinski definition) is 5. The molecule has 0 aliphatic rings. The van der Waals surface area contributed by atoms with E-state index < -0.39 is 10.1 Å². The molecule has 0 bridgehead atoms. The minimum Gasteiger partial charge on any atom is -0.493 e. The zero-order valence-electron chi connectivity index (χ0n) is 25.1. The summed E-state index contributed by atoms with van der Waals surface area (Å²) in [5.74, 6) is 2.12. The van der Waals surface area contributed by atoms with Crippen LogP contribution in [0.4, 0.5) is 0 Å². The summed E-state index contributed by atoms with van der Waals surface area (Å²) < 4.78 is 39.3. The summed E-state index contributed by atoms with van der Waals surface area (Å²) in [5, 5.41) is 0. The average Bonchev–Trinajstić information content (AvgIpc) is 2.89. The Bertz CT molecular complexity index is 793. The quantitative estimate of drug-likeness (QED) is 0.0843. The van der Waals surface area contributed by atoms with Crippen LogP contribution in [0.25, 0.3) is 0 Å². The Balaban J connectivity index is 2.44. The third-order valence-electron chi connectivity index (χ3n) is 7.19. The third kappa shape index (κ3) is 19.7. The maximum absolute atomic E-state index is 11.2. The van der Waals surface area contributed by atoms with E-state index in [1.54, 1.807) is 0 Å². The van der Waals surface area contributed by atoms with Crippen molar-refractivity contribution in [2.24, 2.45) is 5.92 Å². The Morgan fingerprint density at radius 1 is 0.658 bits per heavy atom. The molecule has 0 aromatic heterocycles. The molecule has 5 nitrogen and oxygen atoms in total. The highest BCUT2D eigenvalue weighted by Crippen LogP contribution is 2.26. The van der Waals surface area contributed by atoms with Gasteiger partial charge in [0.2, 0.25) is 0 Å². The van der Waals surface area contributed by atoms with Gasteiger partial charge in [0.25, 0.3) is 10.1 Å². The summed E-state index contributed by atoms with van der Waals surface area (Å²) in [6, 6.07) is 6.12. The van der Waals surface area contributed by atoms with Crippen LogP contribution in [-0.4, -0.2) is 34.5 Å². The van der Waals surface area contributed by atoms with Crippen LogP contribution in [0, 0.1) is 5.92 Å². The molecule has 1 unspecified atom stereocenters.